The van der Waals surface area contributed by atoms with Crippen molar-refractivity contribution in [2.45, 2.75) is 6.92 Å². The van der Waals surface area contributed by atoms with E-state index in [-0.39, 0.29) is 12.4 Å². The summed E-state index contributed by atoms with van der Waals surface area (Å²) in [5, 5.41) is 3.23. The summed E-state index contributed by atoms with van der Waals surface area (Å²) in [6.07, 6.45) is 2.28. The zero-order valence-electron chi connectivity index (χ0n) is 7.71. The summed E-state index contributed by atoms with van der Waals surface area (Å²) in [5.41, 5.74) is 4.22. The summed E-state index contributed by atoms with van der Waals surface area (Å²) in [7, 11) is 0. The first kappa shape index (κ1) is 10.3. The molecule has 0 saturated carbocycles. The summed E-state index contributed by atoms with van der Waals surface area (Å²) < 4.78 is 0. The smallest absolute Gasteiger partial charge is 0.0183 e. The monoisotopic (exact) mass is 195 g/mol. The van der Waals surface area contributed by atoms with Crippen LogP contribution in [0.4, 0.5) is 0 Å². The number of hydrogen-bond acceptors (Lipinski definition) is 1. The van der Waals surface area contributed by atoms with E-state index in [2.05, 4.69) is 42.6 Å². The third-order valence-electron chi connectivity index (χ3n) is 2.25. The first-order valence-electron chi connectivity index (χ1n) is 4.32. The quantitative estimate of drug-likeness (QED) is 0.726. The molecule has 0 unspecified atom stereocenters. The number of halogens is 1. The van der Waals surface area contributed by atoms with E-state index >= 15 is 0 Å². The highest BCUT2D eigenvalue weighted by Gasteiger charge is 2.06. The van der Waals surface area contributed by atoms with Crippen molar-refractivity contribution >= 4 is 18.5 Å². The predicted molar refractivity (Wildman–Crippen MR) is 59.3 cm³/mol. The molecule has 0 aromatic heterocycles. The Bertz CT molecular complexity index is 312. The molecule has 0 bridgehead atoms. The van der Waals surface area contributed by atoms with E-state index in [1.165, 1.54) is 16.7 Å². The maximum absolute atomic E-state index is 3.23. The zero-order chi connectivity index (χ0) is 8.39. The van der Waals surface area contributed by atoms with Gasteiger partial charge in [0.05, 0.1) is 0 Å². The topological polar surface area (TPSA) is 12.0 Å². The average Bonchev–Trinajstić information content (AvgIpc) is 2.00. The van der Waals surface area contributed by atoms with Crippen molar-refractivity contribution < 1.29 is 0 Å². The van der Waals surface area contributed by atoms with Crippen molar-refractivity contribution in [3.63, 3.8) is 0 Å². The minimum atomic E-state index is 0. The molecule has 1 heterocycles. The summed E-state index contributed by atoms with van der Waals surface area (Å²) in [5.74, 6) is 0. The fraction of sp³-hybridized carbons (Fsp3) is 0.273. The Balaban J connectivity index is 0.000000845. The minimum absolute atomic E-state index is 0. The van der Waals surface area contributed by atoms with Crippen molar-refractivity contribution in [3.8, 4) is 0 Å². The van der Waals surface area contributed by atoms with Crippen molar-refractivity contribution in [2.24, 2.45) is 0 Å². The van der Waals surface area contributed by atoms with Gasteiger partial charge in [0.2, 0.25) is 0 Å². The highest BCUT2D eigenvalue weighted by molar-refractivity contribution is 5.85. The van der Waals surface area contributed by atoms with Crippen LogP contribution >= 0.6 is 12.4 Å². The van der Waals surface area contributed by atoms with Crippen molar-refractivity contribution in [1.29, 1.82) is 0 Å². The molecule has 0 spiro atoms. The largest absolute Gasteiger partial charge is 0.309 e. The minimum Gasteiger partial charge on any atom is -0.309 e. The molecule has 0 aliphatic carbocycles. The van der Waals surface area contributed by atoms with E-state index in [0.29, 0.717) is 0 Å². The van der Waals surface area contributed by atoms with Crippen LogP contribution in [0.15, 0.2) is 29.8 Å². The number of benzene rings is 1. The summed E-state index contributed by atoms with van der Waals surface area (Å²) in [4.78, 5) is 0. The molecule has 2 heteroatoms. The molecule has 1 N–H and O–H groups in total. The van der Waals surface area contributed by atoms with Gasteiger partial charge in [-0.25, -0.2) is 0 Å². The molecule has 1 aliphatic heterocycles. The molecule has 2 rings (SSSR count). The molecular weight excluding hydrogens is 182 g/mol. The molecule has 1 aromatic rings. The normalized spacial score (nSPS) is 14.4. The van der Waals surface area contributed by atoms with Crippen LogP contribution in [-0.4, -0.2) is 13.1 Å². The Morgan fingerprint density at radius 2 is 1.92 bits per heavy atom. The predicted octanol–water partition coefficient (Wildman–Crippen LogP) is 2.40. The number of nitrogens with one attached hydrogen (secondary N) is 1. The molecular formula is C11H14ClN. The fourth-order valence-corrected chi connectivity index (χ4v) is 1.34. The first-order valence-corrected chi connectivity index (χ1v) is 4.32. The van der Waals surface area contributed by atoms with Crippen molar-refractivity contribution in [3.05, 3.63) is 41.0 Å². The molecule has 1 nitrogen and oxygen atoms in total. The highest BCUT2D eigenvalue weighted by atomic mass is 35.5. The lowest BCUT2D eigenvalue weighted by molar-refractivity contribution is 0.675. The second kappa shape index (κ2) is 4.45. The Morgan fingerprint density at radius 1 is 1.23 bits per heavy atom. The SMILES string of the molecule is Cc1ccccc1C=C1CNC1.Cl. The first-order chi connectivity index (χ1) is 5.86. The van der Waals surface area contributed by atoms with E-state index < -0.39 is 0 Å². The summed E-state index contributed by atoms with van der Waals surface area (Å²) in [6, 6.07) is 8.49. The molecule has 0 atom stereocenters. The molecule has 1 saturated heterocycles. The van der Waals surface area contributed by atoms with Gasteiger partial charge in [-0.1, -0.05) is 30.3 Å². The third kappa shape index (κ3) is 2.33. The molecule has 70 valence electrons. The zero-order valence-corrected chi connectivity index (χ0v) is 8.53. The number of rotatable bonds is 1. The standard InChI is InChI=1S/C11H13N.ClH/c1-9-4-2-3-5-11(9)6-10-7-12-8-10;/h2-6,12H,7-8H2,1H3;1H. The van der Waals surface area contributed by atoms with E-state index in [1.807, 2.05) is 0 Å². The van der Waals surface area contributed by atoms with Gasteiger partial charge in [0, 0.05) is 13.1 Å². The lowest BCUT2D eigenvalue weighted by Gasteiger charge is -2.18. The van der Waals surface area contributed by atoms with Gasteiger partial charge in [-0.05, 0) is 23.6 Å². The summed E-state index contributed by atoms with van der Waals surface area (Å²) >= 11 is 0. The van der Waals surface area contributed by atoms with Crippen LogP contribution in [0.2, 0.25) is 0 Å². The highest BCUT2D eigenvalue weighted by Crippen LogP contribution is 2.13. The number of aryl methyl sites for hydroxylation is 1. The van der Waals surface area contributed by atoms with E-state index in [9.17, 15) is 0 Å². The van der Waals surface area contributed by atoms with E-state index in [4.69, 9.17) is 0 Å². The van der Waals surface area contributed by atoms with Gasteiger partial charge in [0.1, 0.15) is 0 Å². The average molecular weight is 196 g/mol. The molecule has 0 amide bonds. The van der Waals surface area contributed by atoms with Crippen LogP contribution in [0.5, 0.6) is 0 Å². The van der Waals surface area contributed by atoms with Crippen LogP contribution in [0.3, 0.4) is 0 Å². The Morgan fingerprint density at radius 3 is 2.46 bits per heavy atom. The fourth-order valence-electron chi connectivity index (χ4n) is 1.34. The van der Waals surface area contributed by atoms with E-state index in [0.717, 1.165) is 13.1 Å². The lowest BCUT2D eigenvalue weighted by atomic mass is 10.0. The van der Waals surface area contributed by atoms with Crippen LogP contribution in [0, 0.1) is 6.92 Å². The maximum atomic E-state index is 3.23. The van der Waals surface area contributed by atoms with Crippen LogP contribution < -0.4 is 5.32 Å². The third-order valence-corrected chi connectivity index (χ3v) is 2.25. The maximum Gasteiger partial charge on any atom is 0.0183 e. The molecule has 13 heavy (non-hydrogen) atoms. The summed E-state index contributed by atoms with van der Waals surface area (Å²) in [6.45, 7) is 4.28. The van der Waals surface area contributed by atoms with Gasteiger partial charge in [0.25, 0.3) is 0 Å². The van der Waals surface area contributed by atoms with Crippen molar-refractivity contribution in [1.82, 2.24) is 5.32 Å². The van der Waals surface area contributed by atoms with Gasteiger partial charge in [-0.15, -0.1) is 12.4 Å². The van der Waals surface area contributed by atoms with Crippen molar-refractivity contribution in [2.75, 3.05) is 13.1 Å². The Hall–Kier alpha value is -0.790. The van der Waals surface area contributed by atoms with Crippen LogP contribution in [0.25, 0.3) is 6.08 Å². The molecule has 0 radical (unpaired) electrons. The van der Waals surface area contributed by atoms with Crippen LogP contribution in [-0.2, 0) is 0 Å². The Kier molecular flexibility index (Phi) is 3.52. The van der Waals surface area contributed by atoms with Gasteiger partial charge in [-0.2, -0.15) is 0 Å². The second-order valence-corrected chi connectivity index (χ2v) is 3.26. The molecule has 1 aromatic carbocycles. The lowest BCUT2D eigenvalue weighted by Crippen LogP contribution is -2.33. The van der Waals surface area contributed by atoms with E-state index in [1.54, 1.807) is 0 Å². The van der Waals surface area contributed by atoms with Gasteiger partial charge in [-0.3, -0.25) is 0 Å². The Labute approximate surface area is 85.3 Å². The van der Waals surface area contributed by atoms with Crippen LogP contribution in [0.1, 0.15) is 11.1 Å². The number of hydrogen-bond donors (Lipinski definition) is 1. The van der Waals surface area contributed by atoms with Gasteiger partial charge < -0.3 is 5.32 Å². The van der Waals surface area contributed by atoms with Gasteiger partial charge in [0.15, 0.2) is 0 Å². The second-order valence-electron chi connectivity index (χ2n) is 3.26. The van der Waals surface area contributed by atoms with Gasteiger partial charge >= 0.3 is 0 Å². The molecule has 1 fully saturated rings. The molecule has 1 aliphatic rings.